The summed E-state index contributed by atoms with van der Waals surface area (Å²) in [5, 5.41) is 9.77. The Bertz CT molecular complexity index is 899. The molecule has 3 aromatic rings. The molecular weight excluding hydrogens is 340 g/mol. The summed E-state index contributed by atoms with van der Waals surface area (Å²) in [6.45, 7) is 16.3. The number of hydrogen-bond acceptors (Lipinski definition) is 6. The lowest BCUT2D eigenvalue weighted by atomic mass is 10.1. The molecule has 1 aliphatic rings. The van der Waals surface area contributed by atoms with E-state index in [4.69, 9.17) is 15.4 Å². The molecule has 0 aliphatic heterocycles. The van der Waals surface area contributed by atoms with Crippen LogP contribution in [-0.4, -0.2) is 24.9 Å². The third-order valence-electron chi connectivity index (χ3n) is 4.26. The van der Waals surface area contributed by atoms with Gasteiger partial charge in [0.2, 0.25) is 0 Å². The van der Waals surface area contributed by atoms with Gasteiger partial charge in [-0.2, -0.15) is 5.10 Å². The summed E-state index contributed by atoms with van der Waals surface area (Å²) < 4.78 is 7.45. The molecule has 0 radical (unpaired) electrons. The predicted octanol–water partition coefficient (Wildman–Crippen LogP) is 5.06. The van der Waals surface area contributed by atoms with E-state index in [1.807, 2.05) is 39.3 Å². The number of nitrogens with zero attached hydrogens (tertiary/aromatic N) is 5. The summed E-state index contributed by atoms with van der Waals surface area (Å²) >= 11 is 0. The second-order valence-corrected chi connectivity index (χ2v) is 7.18. The van der Waals surface area contributed by atoms with Crippen LogP contribution in [0.5, 0.6) is 0 Å². The van der Waals surface area contributed by atoms with Gasteiger partial charge in [-0.1, -0.05) is 32.9 Å². The fourth-order valence-corrected chi connectivity index (χ4v) is 2.90. The molecule has 7 heteroatoms. The first-order valence-electron chi connectivity index (χ1n) is 9.84. The van der Waals surface area contributed by atoms with E-state index in [0.29, 0.717) is 17.4 Å². The molecule has 3 aromatic heterocycles. The lowest BCUT2D eigenvalue weighted by molar-refractivity contribution is 0.365. The van der Waals surface area contributed by atoms with Crippen LogP contribution in [0.4, 0.5) is 5.82 Å². The number of fused-ring (bicyclic) bond motifs is 1. The van der Waals surface area contributed by atoms with E-state index in [1.165, 1.54) is 6.33 Å². The molecule has 2 N–H and O–H groups in total. The molecule has 0 aromatic carbocycles. The first-order chi connectivity index (χ1) is 12.9. The maximum absolute atomic E-state index is 6.12. The van der Waals surface area contributed by atoms with E-state index >= 15 is 0 Å². The molecule has 0 atom stereocenters. The molecule has 0 amide bonds. The average Bonchev–Trinajstić information content (AvgIpc) is 3.30. The molecule has 0 unspecified atom stereocenters. The monoisotopic (exact) mass is 372 g/mol. The zero-order valence-corrected chi connectivity index (χ0v) is 17.8. The second-order valence-electron chi connectivity index (χ2n) is 7.18. The molecule has 4 rings (SSSR count). The van der Waals surface area contributed by atoms with Crippen molar-refractivity contribution in [2.45, 2.75) is 79.7 Å². The van der Waals surface area contributed by atoms with Crippen molar-refractivity contribution in [2.24, 2.45) is 0 Å². The normalized spacial score (nSPS) is 13.6. The second kappa shape index (κ2) is 8.06. The van der Waals surface area contributed by atoms with E-state index in [-0.39, 0.29) is 5.54 Å². The van der Waals surface area contributed by atoms with Crippen molar-refractivity contribution in [3.8, 4) is 11.4 Å². The third-order valence-corrected chi connectivity index (χ3v) is 4.26. The molecule has 3 heterocycles. The molecule has 0 saturated heterocycles. The zero-order valence-electron chi connectivity index (χ0n) is 17.8. The fraction of sp³-hybridized carbons (Fsp3) is 0.600. The molecule has 1 fully saturated rings. The van der Waals surface area contributed by atoms with Crippen molar-refractivity contribution >= 4 is 16.9 Å². The Morgan fingerprint density at radius 2 is 1.70 bits per heavy atom. The first-order valence-corrected chi connectivity index (χ1v) is 9.84. The molecule has 0 bridgehead atoms. The molecule has 27 heavy (non-hydrogen) atoms. The van der Waals surface area contributed by atoms with Gasteiger partial charge in [-0.3, -0.25) is 0 Å². The third kappa shape index (κ3) is 3.82. The highest BCUT2D eigenvalue weighted by molar-refractivity contribution is 5.98. The van der Waals surface area contributed by atoms with Crippen LogP contribution in [0.25, 0.3) is 22.4 Å². The van der Waals surface area contributed by atoms with Gasteiger partial charge in [-0.05, 0) is 40.5 Å². The molecule has 0 spiro atoms. The minimum absolute atomic E-state index is 0.228. The van der Waals surface area contributed by atoms with E-state index in [9.17, 15) is 0 Å². The first kappa shape index (κ1) is 20.9. The summed E-state index contributed by atoms with van der Waals surface area (Å²) in [4.78, 5) is 8.52. The quantitative estimate of drug-likeness (QED) is 0.675. The lowest BCUT2D eigenvalue weighted by Crippen LogP contribution is -2.23. The highest BCUT2D eigenvalue weighted by Crippen LogP contribution is 2.44. The van der Waals surface area contributed by atoms with Gasteiger partial charge in [0.15, 0.2) is 5.65 Å². The van der Waals surface area contributed by atoms with Gasteiger partial charge in [-0.15, -0.1) is 0 Å². The number of rotatable bonds is 2. The predicted molar refractivity (Wildman–Crippen MR) is 110 cm³/mol. The van der Waals surface area contributed by atoms with E-state index in [0.717, 1.165) is 40.9 Å². The van der Waals surface area contributed by atoms with Gasteiger partial charge in [0.05, 0.1) is 10.9 Å². The molecular formula is C20H32N6O. The number of anilines is 1. The van der Waals surface area contributed by atoms with Crippen LogP contribution in [-0.2, 0) is 5.54 Å². The van der Waals surface area contributed by atoms with Crippen molar-refractivity contribution in [3.63, 3.8) is 0 Å². The van der Waals surface area contributed by atoms with Gasteiger partial charge >= 0.3 is 0 Å². The van der Waals surface area contributed by atoms with Gasteiger partial charge in [-0.25, -0.2) is 14.6 Å². The Kier molecular flexibility index (Phi) is 6.23. The van der Waals surface area contributed by atoms with E-state index in [1.54, 1.807) is 0 Å². The van der Waals surface area contributed by atoms with Crippen LogP contribution in [0.3, 0.4) is 0 Å². The molecule has 1 saturated carbocycles. The average molecular weight is 373 g/mol. The number of hydrogen-bond donors (Lipinski definition) is 1. The van der Waals surface area contributed by atoms with Crippen molar-refractivity contribution in [3.05, 3.63) is 17.7 Å². The molecule has 7 nitrogen and oxygen atoms in total. The van der Waals surface area contributed by atoms with Crippen molar-refractivity contribution in [1.82, 2.24) is 24.9 Å². The number of aromatic nitrogens is 5. The lowest BCUT2D eigenvalue weighted by Gasteiger charge is -2.19. The summed E-state index contributed by atoms with van der Waals surface area (Å²) in [6, 6.07) is 0. The van der Waals surface area contributed by atoms with E-state index in [2.05, 4.69) is 35.9 Å². The van der Waals surface area contributed by atoms with Crippen LogP contribution in [0.1, 0.15) is 78.5 Å². The summed E-state index contributed by atoms with van der Waals surface area (Å²) in [5.41, 5.74) is 9.08. The Balaban J connectivity index is 0.000000614. The molecule has 148 valence electrons. The zero-order chi connectivity index (χ0) is 20.4. The molecule has 1 aliphatic carbocycles. The maximum Gasteiger partial charge on any atom is 0.164 e. The maximum atomic E-state index is 6.12. The number of nitrogens with two attached hydrogens (primary N) is 1. The highest BCUT2D eigenvalue weighted by Gasteiger charge is 2.33. The van der Waals surface area contributed by atoms with E-state index < -0.39 is 0 Å². The Morgan fingerprint density at radius 3 is 2.26 bits per heavy atom. The van der Waals surface area contributed by atoms with Crippen LogP contribution in [0.15, 0.2) is 10.9 Å². The highest BCUT2D eigenvalue weighted by atomic mass is 16.5. The topological polar surface area (TPSA) is 95.7 Å². The largest absolute Gasteiger partial charge is 0.383 e. The standard InChI is InChI=1S/C16H20N6O.2C2H6/c1-8-11(21-23-13(8)9-5-6-9)12-10-14(17)18-7-19-15(10)22(20-12)16(2,3)4;2*1-2/h7,9H,5-6H2,1-4H3,(H2,17,18,19);2*1-2H3. The summed E-state index contributed by atoms with van der Waals surface area (Å²) in [7, 11) is 0. The van der Waals surface area contributed by atoms with Crippen LogP contribution >= 0.6 is 0 Å². The van der Waals surface area contributed by atoms with Gasteiger partial charge in [0.25, 0.3) is 0 Å². The minimum atomic E-state index is -0.228. The van der Waals surface area contributed by atoms with Crippen LogP contribution in [0.2, 0.25) is 0 Å². The Labute approximate surface area is 161 Å². The minimum Gasteiger partial charge on any atom is -0.383 e. The van der Waals surface area contributed by atoms with Gasteiger partial charge in [0, 0.05) is 11.5 Å². The summed E-state index contributed by atoms with van der Waals surface area (Å²) in [5.74, 6) is 1.88. The fourth-order valence-electron chi connectivity index (χ4n) is 2.90. The number of nitrogen functional groups attached to an aromatic ring is 1. The van der Waals surface area contributed by atoms with Crippen LogP contribution < -0.4 is 5.73 Å². The van der Waals surface area contributed by atoms with Crippen molar-refractivity contribution in [1.29, 1.82) is 0 Å². The van der Waals surface area contributed by atoms with Gasteiger partial charge in [0.1, 0.15) is 29.3 Å². The Morgan fingerprint density at radius 1 is 1.07 bits per heavy atom. The van der Waals surface area contributed by atoms with Crippen molar-refractivity contribution in [2.75, 3.05) is 5.73 Å². The Hall–Kier alpha value is -2.44. The van der Waals surface area contributed by atoms with Gasteiger partial charge < -0.3 is 10.3 Å². The summed E-state index contributed by atoms with van der Waals surface area (Å²) in [6.07, 6.45) is 3.80. The van der Waals surface area contributed by atoms with Crippen LogP contribution in [0, 0.1) is 6.92 Å². The van der Waals surface area contributed by atoms with Crippen molar-refractivity contribution < 1.29 is 4.52 Å². The SMILES string of the molecule is CC.CC.Cc1c(-c2nn(C(C)(C)C)c3ncnc(N)c23)noc1C1CC1. The smallest absolute Gasteiger partial charge is 0.164 e.